The van der Waals surface area contributed by atoms with E-state index in [0.29, 0.717) is 24.1 Å². The number of nitrogens with zero attached hydrogens (tertiary/aromatic N) is 3. The Morgan fingerprint density at radius 1 is 1.00 bits per heavy atom. The Balaban J connectivity index is 1.11. The second-order valence-electron chi connectivity index (χ2n) is 14.4. The first-order valence-electron chi connectivity index (χ1n) is 17.2. The molecule has 3 atom stereocenters. The normalized spacial score (nSPS) is 32.6. The standard InChI is InChI=1S/C35H54N4O4/c1-25(2)39-34(41)37(23-26-16-19-43-20-17-26)24-35(39)21-29-11-12-30(22-35)38(29)18-15-32(27-7-5-4-6-8-27)36-33(40)28-9-13-31(42-3)14-10-28/h4-8,25-26,28-32H,9-24H2,1-3H3,(H,36,40)/t28-,29?,30?,31-,32-,35?/m0/s1. The van der Waals surface area contributed by atoms with Gasteiger partial charge in [0.1, 0.15) is 0 Å². The summed E-state index contributed by atoms with van der Waals surface area (Å²) < 4.78 is 11.1. The maximum absolute atomic E-state index is 13.8. The van der Waals surface area contributed by atoms with Gasteiger partial charge in [0.05, 0.1) is 17.7 Å². The molecule has 1 aliphatic carbocycles. The highest BCUT2D eigenvalue weighted by atomic mass is 16.5. The Morgan fingerprint density at radius 2 is 1.67 bits per heavy atom. The van der Waals surface area contributed by atoms with Crippen LogP contribution < -0.4 is 5.32 Å². The highest BCUT2D eigenvalue weighted by Crippen LogP contribution is 2.48. The Labute approximate surface area is 258 Å². The lowest BCUT2D eigenvalue weighted by molar-refractivity contribution is -0.127. The van der Waals surface area contributed by atoms with E-state index in [4.69, 9.17) is 9.47 Å². The van der Waals surface area contributed by atoms with Crippen LogP contribution in [0.4, 0.5) is 4.79 Å². The van der Waals surface area contributed by atoms with E-state index in [1.807, 2.05) is 6.07 Å². The quantitative estimate of drug-likeness (QED) is 0.394. The van der Waals surface area contributed by atoms with Crippen LogP contribution in [0, 0.1) is 11.8 Å². The average molecular weight is 595 g/mol. The minimum atomic E-state index is -0.0627. The van der Waals surface area contributed by atoms with Crippen LogP contribution in [0.2, 0.25) is 0 Å². The number of fused-ring (bicyclic) bond motifs is 2. The molecular weight excluding hydrogens is 540 g/mol. The molecule has 8 nitrogen and oxygen atoms in total. The first-order chi connectivity index (χ1) is 20.9. The lowest BCUT2D eigenvalue weighted by Crippen LogP contribution is -2.60. The van der Waals surface area contributed by atoms with Crippen LogP contribution in [0.3, 0.4) is 0 Å². The maximum atomic E-state index is 13.8. The van der Waals surface area contributed by atoms with Gasteiger partial charge in [-0.3, -0.25) is 9.69 Å². The summed E-state index contributed by atoms with van der Waals surface area (Å²) in [5.74, 6) is 0.832. The molecule has 1 saturated carbocycles. The van der Waals surface area contributed by atoms with Crippen molar-refractivity contribution in [2.75, 3.05) is 40.0 Å². The fraction of sp³-hybridized carbons (Fsp3) is 0.771. The van der Waals surface area contributed by atoms with E-state index in [9.17, 15) is 9.59 Å². The summed E-state index contributed by atoms with van der Waals surface area (Å²) >= 11 is 0. The number of hydrogen-bond donors (Lipinski definition) is 1. The third-order valence-electron chi connectivity index (χ3n) is 11.4. The van der Waals surface area contributed by atoms with E-state index in [2.05, 4.69) is 58.1 Å². The van der Waals surface area contributed by atoms with Crippen molar-refractivity contribution >= 4 is 11.9 Å². The molecule has 238 valence electrons. The van der Waals surface area contributed by atoms with Crippen molar-refractivity contribution in [1.29, 1.82) is 0 Å². The molecule has 3 amide bonds. The fourth-order valence-corrected chi connectivity index (χ4v) is 9.25. The lowest BCUT2D eigenvalue weighted by atomic mass is 9.81. The number of urea groups is 1. The fourth-order valence-electron chi connectivity index (χ4n) is 9.25. The molecule has 5 fully saturated rings. The van der Waals surface area contributed by atoms with Gasteiger partial charge in [0.15, 0.2) is 0 Å². The van der Waals surface area contributed by atoms with Crippen LogP contribution in [0.25, 0.3) is 0 Å². The third-order valence-corrected chi connectivity index (χ3v) is 11.4. The number of carbonyl (C=O) groups is 2. The third kappa shape index (κ3) is 6.62. The van der Waals surface area contributed by atoms with Crippen molar-refractivity contribution in [1.82, 2.24) is 20.0 Å². The molecule has 0 aromatic heterocycles. The van der Waals surface area contributed by atoms with E-state index in [-0.39, 0.29) is 35.5 Å². The lowest BCUT2D eigenvalue weighted by Gasteiger charge is -2.49. The largest absolute Gasteiger partial charge is 0.381 e. The van der Waals surface area contributed by atoms with Gasteiger partial charge in [-0.2, -0.15) is 0 Å². The summed E-state index contributed by atoms with van der Waals surface area (Å²) in [5.41, 5.74) is 1.13. The average Bonchev–Trinajstić information content (AvgIpc) is 3.43. The predicted octanol–water partition coefficient (Wildman–Crippen LogP) is 5.38. The van der Waals surface area contributed by atoms with Gasteiger partial charge >= 0.3 is 6.03 Å². The molecule has 1 aromatic carbocycles. The van der Waals surface area contributed by atoms with Crippen molar-refractivity contribution < 1.29 is 19.1 Å². The molecule has 5 aliphatic rings. The molecule has 8 heteroatoms. The van der Waals surface area contributed by atoms with E-state index in [1.165, 1.54) is 18.4 Å². The monoisotopic (exact) mass is 594 g/mol. The van der Waals surface area contributed by atoms with Crippen molar-refractivity contribution in [2.24, 2.45) is 11.8 Å². The van der Waals surface area contributed by atoms with Crippen LogP contribution in [-0.2, 0) is 14.3 Å². The number of hydrogen-bond acceptors (Lipinski definition) is 5. The summed E-state index contributed by atoms with van der Waals surface area (Å²) in [6, 6.07) is 12.0. The molecule has 1 spiro atoms. The van der Waals surface area contributed by atoms with Gasteiger partial charge in [-0.15, -0.1) is 0 Å². The van der Waals surface area contributed by atoms with Crippen molar-refractivity contribution in [3.8, 4) is 0 Å². The van der Waals surface area contributed by atoms with Crippen molar-refractivity contribution in [2.45, 2.75) is 120 Å². The van der Waals surface area contributed by atoms with Crippen LogP contribution in [0.15, 0.2) is 30.3 Å². The van der Waals surface area contributed by atoms with Crippen LogP contribution in [0.1, 0.15) is 96.1 Å². The Bertz CT molecular complexity index is 1070. The number of ether oxygens (including phenoxy) is 2. The van der Waals surface area contributed by atoms with Crippen molar-refractivity contribution in [3.63, 3.8) is 0 Å². The molecule has 4 saturated heterocycles. The van der Waals surface area contributed by atoms with Gasteiger partial charge in [-0.25, -0.2) is 4.79 Å². The van der Waals surface area contributed by atoms with Crippen LogP contribution >= 0.6 is 0 Å². The summed E-state index contributed by atoms with van der Waals surface area (Å²) in [7, 11) is 1.78. The van der Waals surface area contributed by atoms with Crippen LogP contribution in [-0.4, -0.2) is 96.4 Å². The first-order valence-corrected chi connectivity index (χ1v) is 17.2. The Hall–Kier alpha value is -2.16. The summed E-state index contributed by atoms with van der Waals surface area (Å²) in [4.78, 5) is 34.4. The summed E-state index contributed by atoms with van der Waals surface area (Å²) in [6.45, 7) is 8.76. The van der Waals surface area contributed by atoms with E-state index >= 15 is 0 Å². The zero-order valence-corrected chi connectivity index (χ0v) is 26.7. The number of rotatable bonds is 10. The van der Waals surface area contributed by atoms with Crippen LogP contribution in [0.5, 0.6) is 0 Å². The maximum Gasteiger partial charge on any atom is 0.320 e. The Morgan fingerprint density at radius 3 is 2.30 bits per heavy atom. The Kier molecular flexibility index (Phi) is 9.65. The first kappa shape index (κ1) is 30.8. The number of carbonyl (C=O) groups excluding carboxylic acids is 2. The number of amides is 3. The SMILES string of the molecule is CO[C@H]1CC[C@H](C(=O)N[C@@H](CCN2C3CCC2CC2(C3)CN(CC3CCOCC3)C(=O)N2C(C)C)c2ccccc2)CC1. The highest BCUT2D eigenvalue weighted by Gasteiger charge is 2.57. The molecule has 2 bridgehead atoms. The molecule has 6 rings (SSSR count). The van der Waals surface area contributed by atoms with Gasteiger partial charge < -0.3 is 24.6 Å². The summed E-state index contributed by atoms with van der Waals surface area (Å²) in [6.07, 6.45) is 11.6. The highest BCUT2D eigenvalue weighted by molar-refractivity contribution is 5.79. The predicted molar refractivity (Wildman–Crippen MR) is 168 cm³/mol. The minimum absolute atomic E-state index is 0.0133. The molecule has 4 aliphatic heterocycles. The topological polar surface area (TPSA) is 74.4 Å². The second kappa shape index (κ2) is 13.5. The molecule has 4 heterocycles. The molecular formula is C35H54N4O4. The number of methoxy groups -OCH3 is 1. The van der Waals surface area contributed by atoms with E-state index in [0.717, 1.165) is 90.6 Å². The van der Waals surface area contributed by atoms with E-state index < -0.39 is 0 Å². The van der Waals surface area contributed by atoms with Gasteiger partial charge in [-0.05, 0) is 96.0 Å². The van der Waals surface area contributed by atoms with Gasteiger partial charge in [-0.1, -0.05) is 30.3 Å². The number of benzene rings is 1. The minimum Gasteiger partial charge on any atom is -0.381 e. The molecule has 1 N–H and O–H groups in total. The smallest absolute Gasteiger partial charge is 0.320 e. The molecule has 1 aromatic rings. The van der Waals surface area contributed by atoms with E-state index in [1.54, 1.807) is 7.11 Å². The van der Waals surface area contributed by atoms with Crippen molar-refractivity contribution in [3.05, 3.63) is 35.9 Å². The molecule has 43 heavy (non-hydrogen) atoms. The summed E-state index contributed by atoms with van der Waals surface area (Å²) in [5, 5.41) is 3.47. The number of nitrogens with one attached hydrogen (secondary N) is 1. The van der Waals surface area contributed by atoms with Gasteiger partial charge in [0.2, 0.25) is 5.91 Å². The molecule has 0 radical (unpaired) electrons. The zero-order chi connectivity index (χ0) is 30.0. The zero-order valence-electron chi connectivity index (χ0n) is 26.7. The second-order valence-corrected chi connectivity index (χ2v) is 14.4. The van der Waals surface area contributed by atoms with Gasteiger partial charge in [0.25, 0.3) is 0 Å². The molecule has 2 unspecified atom stereocenters. The number of piperidine rings is 1. The van der Waals surface area contributed by atoms with Gasteiger partial charge in [0, 0.05) is 64.0 Å².